The van der Waals surface area contributed by atoms with Crippen LogP contribution in [-0.2, 0) is 17.8 Å². The quantitative estimate of drug-likeness (QED) is 0.515. The Labute approximate surface area is 147 Å². The smallest absolute Gasteiger partial charge is 0.233 e. The third-order valence-corrected chi connectivity index (χ3v) is 5.30. The second kappa shape index (κ2) is 9.58. The molecule has 7 nitrogen and oxygen atoms in total. The highest BCUT2D eigenvalue weighted by atomic mass is 32.1. The Hall–Kier alpha value is -1.67. The van der Waals surface area contributed by atoms with Crippen LogP contribution in [0.25, 0.3) is 0 Å². The van der Waals surface area contributed by atoms with Crippen LogP contribution in [0.5, 0.6) is 0 Å². The van der Waals surface area contributed by atoms with Crippen molar-refractivity contribution in [3.8, 4) is 0 Å². The molecular weight excluding hydrogens is 324 g/mol. The highest BCUT2D eigenvalue weighted by Crippen LogP contribution is 2.13. The lowest BCUT2D eigenvalue weighted by Gasteiger charge is -2.32. The maximum atomic E-state index is 11.4. The standard InChI is InChI=1S/C16H28N6OS/c1-4-13-9-19-15(24-13)10-20-16(18-3)21-12-5-7-22(8-6-12)11-14(23)17-2/h9,12H,4-8,10-11H2,1-3H3,(H,17,23)(H2,18,20,21). The molecule has 0 unspecified atom stereocenters. The van der Waals surface area contributed by atoms with E-state index in [-0.39, 0.29) is 5.91 Å². The summed E-state index contributed by atoms with van der Waals surface area (Å²) < 4.78 is 0. The molecule has 8 heteroatoms. The summed E-state index contributed by atoms with van der Waals surface area (Å²) in [6.45, 7) is 5.17. The first kappa shape index (κ1) is 18.7. The van der Waals surface area contributed by atoms with Crippen LogP contribution < -0.4 is 16.0 Å². The second-order valence-corrected chi connectivity index (χ2v) is 7.07. The average Bonchev–Trinajstić information content (AvgIpc) is 3.08. The van der Waals surface area contributed by atoms with Gasteiger partial charge in [0.1, 0.15) is 5.01 Å². The minimum absolute atomic E-state index is 0.0776. The summed E-state index contributed by atoms with van der Waals surface area (Å²) >= 11 is 1.74. The fraction of sp³-hybridized carbons (Fsp3) is 0.688. The Morgan fingerprint density at radius 3 is 2.79 bits per heavy atom. The molecule has 1 amide bonds. The maximum Gasteiger partial charge on any atom is 0.233 e. The van der Waals surface area contributed by atoms with E-state index in [4.69, 9.17) is 0 Å². The molecule has 1 aromatic rings. The average molecular weight is 353 g/mol. The van der Waals surface area contributed by atoms with Crippen LogP contribution in [0.4, 0.5) is 0 Å². The molecule has 1 aliphatic heterocycles. The van der Waals surface area contributed by atoms with Gasteiger partial charge in [-0.1, -0.05) is 6.92 Å². The summed E-state index contributed by atoms with van der Waals surface area (Å²) in [6, 6.07) is 0.389. The number of piperidine rings is 1. The number of guanidine groups is 1. The number of likely N-dealkylation sites (N-methyl/N-ethyl adjacent to an activating group) is 1. The molecule has 0 aromatic carbocycles. The normalized spacial score (nSPS) is 16.9. The fourth-order valence-corrected chi connectivity index (χ4v) is 3.46. The van der Waals surface area contributed by atoms with E-state index in [1.54, 1.807) is 25.4 Å². The van der Waals surface area contributed by atoms with Gasteiger partial charge in [0.15, 0.2) is 5.96 Å². The number of amides is 1. The third-order valence-electron chi connectivity index (χ3n) is 4.16. The van der Waals surface area contributed by atoms with Crippen LogP contribution in [0, 0.1) is 0 Å². The van der Waals surface area contributed by atoms with E-state index in [9.17, 15) is 4.79 Å². The number of rotatable bonds is 6. The molecule has 3 N–H and O–H groups in total. The van der Waals surface area contributed by atoms with Crippen LogP contribution >= 0.6 is 11.3 Å². The van der Waals surface area contributed by atoms with E-state index in [0.29, 0.717) is 19.1 Å². The molecule has 2 heterocycles. The molecule has 1 fully saturated rings. The van der Waals surface area contributed by atoms with Crippen LogP contribution in [-0.4, -0.2) is 61.5 Å². The van der Waals surface area contributed by atoms with Crippen molar-refractivity contribution in [3.05, 3.63) is 16.1 Å². The SMILES string of the molecule is CCc1cnc(CNC(=NC)NC2CCN(CC(=O)NC)CC2)s1. The van der Waals surface area contributed by atoms with E-state index >= 15 is 0 Å². The van der Waals surface area contributed by atoms with Gasteiger partial charge in [-0.2, -0.15) is 0 Å². The molecule has 0 radical (unpaired) electrons. The van der Waals surface area contributed by atoms with Crippen LogP contribution in [0.15, 0.2) is 11.2 Å². The Morgan fingerprint density at radius 2 is 2.21 bits per heavy atom. The largest absolute Gasteiger partial charge is 0.358 e. The Morgan fingerprint density at radius 1 is 1.46 bits per heavy atom. The lowest BCUT2D eigenvalue weighted by molar-refractivity contribution is -0.122. The summed E-state index contributed by atoms with van der Waals surface area (Å²) in [7, 11) is 3.47. The van der Waals surface area contributed by atoms with Crippen molar-refractivity contribution in [1.82, 2.24) is 25.8 Å². The van der Waals surface area contributed by atoms with Crippen LogP contribution in [0.2, 0.25) is 0 Å². The predicted octanol–water partition coefficient (Wildman–Crippen LogP) is 0.581. The van der Waals surface area contributed by atoms with Gasteiger partial charge in [0, 0.05) is 44.3 Å². The predicted molar refractivity (Wildman–Crippen MR) is 98.4 cm³/mol. The maximum absolute atomic E-state index is 11.4. The van der Waals surface area contributed by atoms with E-state index < -0.39 is 0 Å². The number of thiazole rings is 1. The van der Waals surface area contributed by atoms with Crippen LogP contribution in [0.1, 0.15) is 29.7 Å². The number of nitrogens with one attached hydrogen (secondary N) is 3. The summed E-state index contributed by atoms with van der Waals surface area (Å²) in [6.07, 6.45) is 4.99. The van der Waals surface area contributed by atoms with Gasteiger partial charge in [-0.25, -0.2) is 4.98 Å². The summed E-state index contributed by atoms with van der Waals surface area (Å²) in [5.41, 5.74) is 0. The van der Waals surface area contributed by atoms with E-state index in [0.717, 1.165) is 43.3 Å². The fourth-order valence-electron chi connectivity index (χ4n) is 2.66. The van der Waals surface area contributed by atoms with Crippen LogP contribution in [0.3, 0.4) is 0 Å². The van der Waals surface area contributed by atoms with E-state index in [1.165, 1.54) is 4.88 Å². The minimum Gasteiger partial charge on any atom is -0.358 e. The third kappa shape index (κ3) is 5.76. The van der Waals surface area contributed by atoms with Crippen molar-refractivity contribution in [1.29, 1.82) is 0 Å². The zero-order valence-corrected chi connectivity index (χ0v) is 15.6. The van der Waals surface area contributed by atoms with Gasteiger partial charge < -0.3 is 16.0 Å². The molecule has 0 saturated carbocycles. The number of aromatic nitrogens is 1. The highest BCUT2D eigenvalue weighted by molar-refractivity contribution is 7.11. The number of hydrogen-bond acceptors (Lipinski definition) is 5. The number of carbonyl (C=O) groups excluding carboxylic acids is 1. The van der Waals surface area contributed by atoms with Crippen molar-refractivity contribution < 1.29 is 4.79 Å². The molecular formula is C16H28N6OS. The molecule has 24 heavy (non-hydrogen) atoms. The zero-order chi connectivity index (χ0) is 17.4. The van der Waals surface area contributed by atoms with E-state index in [1.807, 2.05) is 6.20 Å². The first-order chi connectivity index (χ1) is 11.6. The molecule has 2 rings (SSSR count). The van der Waals surface area contributed by atoms with E-state index in [2.05, 4.69) is 37.8 Å². The van der Waals surface area contributed by atoms with Gasteiger partial charge in [-0.05, 0) is 19.3 Å². The number of likely N-dealkylation sites (tertiary alicyclic amines) is 1. The summed E-state index contributed by atoms with van der Waals surface area (Å²) in [4.78, 5) is 23.6. The van der Waals surface area contributed by atoms with Crippen molar-refractivity contribution in [2.45, 2.75) is 38.8 Å². The first-order valence-corrected chi connectivity index (χ1v) is 9.30. The monoisotopic (exact) mass is 352 g/mol. The molecule has 1 aliphatic rings. The van der Waals surface area contributed by atoms with Gasteiger partial charge in [0.25, 0.3) is 0 Å². The highest BCUT2D eigenvalue weighted by Gasteiger charge is 2.21. The van der Waals surface area contributed by atoms with Crippen molar-refractivity contribution in [2.24, 2.45) is 4.99 Å². The molecule has 1 saturated heterocycles. The van der Waals surface area contributed by atoms with Gasteiger partial charge >= 0.3 is 0 Å². The minimum atomic E-state index is 0.0776. The second-order valence-electron chi connectivity index (χ2n) is 5.87. The molecule has 0 bridgehead atoms. The molecule has 0 aliphatic carbocycles. The Bertz CT molecular complexity index is 551. The number of nitrogens with zero attached hydrogens (tertiary/aromatic N) is 3. The van der Waals surface area contributed by atoms with Crippen molar-refractivity contribution in [3.63, 3.8) is 0 Å². The Balaban J connectivity index is 1.72. The topological polar surface area (TPSA) is 81.7 Å². The van der Waals surface area contributed by atoms with Crippen molar-refractivity contribution >= 4 is 23.2 Å². The number of aliphatic imine (C=N–C) groups is 1. The molecule has 1 aromatic heterocycles. The molecule has 0 atom stereocenters. The van der Waals surface area contributed by atoms with Crippen molar-refractivity contribution in [2.75, 3.05) is 33.7 Å². The summed E-state index contributed by atoms with van der Waals surface area (Å²) in [5.74, 6) is 0.891. The van der Waals surface area contributed by atoms with Gasteiger partial charge in [-0.15, -0.1) is 11.3 Å². The lowest BCUT2D eigenvalue weighted by Crippen LogP contribution is -2.49. The Kier molecular flexibility index (Phi) is 7.45. The summed E-state index contributed by atoms with van der Waals surface area (Å²) in [5, 5.41) is 10.6. The van der Waals surface area contributed by atoms with Gasteiger partial charge in [0.2, 0.25) is 5.91 Å². The number of hydrogen-bond donors (Lipinski definition) is 3. The molecule has 134 valence electrons. The van der Waals surface area contributed by atoms with Gasteiger partial charge in [-0.3, -0.25) is 14.7 Å². The molecule has 0 spiro atoms. The number of carbonyl (C=O) groups is 1. The lowest BCUT2D eigenvalue weighted by atomic mass is 10.1. The first-order valence-electron chi connectivity index (χ1n) is 8.48. The van der Waals surface area contributed by atoms with Gasteiger partial charge in [0.05, 0.1) is 13.1 Å². The number of aryl methyl sites for hydroxylation is 1. The zero-order valence-electron chi connectivity index (χ0n) is 14.8.